The Morgan fingerprint density at radius 3 is 2.26 bits per heavy atom. The number of hydrogen-bond acceptors (Lipinski definition) is 4. The molecular formula is C31H29NO3. The van der Waals surface area contributed by atoms with E-state index in [1.807, 2.05) is 19.1 Å². The molecule has 176 valence electrons. The summed E-state index contributed by atoms with van der Waals surface area (Å²) in [5.41, 5.74) is 6.49. The Labute approximate surface area is 206 Å². The van der Waals surface area contributed by atoms with Gasteiger partial charge in [0.05, 0.1) is 11.1 Å². The number of likely N-dealkylation sites (N-methyl/N-ethyl adjacent to an activating group) is 1. The highest BCUT2D eigenvalue weighted by Gasteiger charge is 2.35. The number of benzene rings is 2. The van der Waals surface area contributed by atoms with E-state index in [0.29, 0.717) is 28.2 Å². The van der Waals surface area contributed by atoms with Crippen LogP contribution in [0.1, 0.15) is 66.5 Å². The van der Waals surface area contributed by atoms with Crippen molar-refractivity contribution in [2.45, 2.75) is 40.2 Å². The summed E-state index contributed by atoms with van der Waals surface area (Å²) >= 11 is 0. The van der Waals surface area contributed by atoms with Crippen molar-refractivity contribution in [3.05, 3.63) is 112 Å². The van der Waals surface area contributed by atoms with Crippen molar-refractivity contribution in [1.82, 2.24) is 0 Å². The number of ether oxygens (including phenoxy) is 1. The predicted octanol–water partition coefficient (Wildman–Crippen LogP) is 6.92. The maximum Gasteiger partial charge on any atom is 0.198 e. The molecule has 0 saturated carbocycles. The maximum absolute atomic E-state index is 13.0. The van der Waals surface area contributed by atoms with Crippen LogP contribution in [-0.4, -0.2) is 23.7 Å². The molecule has 3 aliphatic rings. The smallest absolute Gasteiger partial charge is 0.198 e. The van der Waals surface area contributed by atoms with Crippen LogP contribution in [0, 0.1) is 0 Å². The van der Waals surface area contributed by atoms with Crippen molar-refractivity contribution in [2.24, 2.45) is 0 Å². The second kappa shape index (κ2) is 8.38. The fraction of sp³-hybridized carbons (Fsp3) is 0.226. The number of carbonyl (C=O) groups is 2. The molecule has 0 aromatic heterocycles. The molecule has 0 atom stereocenters. The third-order valence-electron chi connectivity index (χ3n) is 6.85. The molecule has 2 aliphatic heterocycles. The summed E-state index contributed by atoms with van der Waals surface area (Å²) in [6.45, 7) is 11.6. The van der Waals surface area contributed by atoms with Gasteiger partial charge < -0.3 is 9.64 Å². The Bertz CT molecular complexity index is 1390. The average Bonchev–Trinajstić information content (AvgIpc) is 3.07. The lowest BCUT2D eigenvalue weighted by Crippen LogP contribution is -2.44. The molecule has 0 spiro atoms. The van der Waals surface area contributed by atoms with Crippen molar-refractivity contribution >= 4 is 28.9 Å². The zero-order valence-corrected chi connectivity index (χ0v) is 20.8. The molecule has 0 unspecified atom stereocenters. The highest BCUT2D eigenvalue weighted by molar-refractivity contribution is 6.40. The number of rotatable bonds is 3. The molecule has 0 N–H and O–H groups in total. The number of fused-ring (bicyclic) bond motifs is 2. The van der Waals surface area contributed by atoms with Gasteiger partial charge in [-0.1, -0.05) is 42.5 Å². The molecule has 2 heterocycles. The third-order valence-corrected chi connectivity index (χ3v) is 6.85. The minimum atomic E-state index is -0.230. The summed E-state index contributed by atoms with van der Waals surface area (Å²) < 4.78 is 5.90. The Balaban J connectivity index is 1.48. The largest absolute Gasteiger partial charge is 0.462 e. The van der Waals surface area contributed by atoms with Crippen LogP contribution < -0.4 is 4.90 Å². The number of anilines is 1. The van der Waals surface area contributed by atoms with Gasteiger partial charge in [0.25, 0.3) is 0 Å². The normalized spacial score (nSPS) is 18.8. The first-order chi connectivity index (χ1) is 16.7. The van der Waals surface area contributed by atoms with Crippen molar-refractivity contribution in [2.75, 3.05) is 11.4 Å². The van der Waals surface area contributed by atoms with Gasteiger partial charge in [0.15, 0.2) is 11.6 Å². The lowest BCUT2D eigenvalue weighted by atomic mass is 9.88. The van der Waals surface area contributed by atoms with Crippen molar-refractivity contribution < 1.29 is 14.3 Å². The summed E-state index contributed by atoms with van der Waals surface area (Å²) in [6.07, 6.45) is 9.73. The lowest BCUT2D eigenvalue weighted by Gasteiger charge is -2.42. The van der Waals surface area contributed by atoms with Crippen molar-refractivity contribution in [3.8, 4) is 0 Å². The number of allylic oxidation sites excluding steroid dienone is 7. The van der Waals surface area contributed by atoms with E-state index in [0.717, 1.165) is 12.1 Å². The SMILES string of the molecule is CCN1c2ccc(C=CC3=CC(=C4C(=O)c5ccccc5C4=O)C=C(C)O3)cc2C(C)=CC1(C)C. The first-order valence-electron chi connectivity index (χ1n) is 12.0. The fourth-order valence-electron chi connectivity index (χ4n) is 5.36. The molecule has 0 radical (unpaired) electrons. The Morgan fingerprint density at radius 2 is 1.60 bits per heavy atom. The zero-order chi connectivity index (χ0) is 24.9. The molecule has 2 aromatic rings. The number of carbonyl (C=O) groups excluding carboxylic acids is 2. The zero-order valence-electron chi connectivity index (χ0n) is 20.8. The number of ketones is 2. The number of nitrogens with zero attached hydrogens (tertiary/aromatic N) is 1. The number of hydrogen-bond donors (Lipinski definition) is 0. The molecule has 1 aliphatic carbocycles. The summed E-state index contributed by atoms with van der Waals surface area (Å²) in [5, 5.41) is 0. The maximum atomic E-state index is 13.0. The van der Waals surface area contributed by atoms with Crippen molar-refractivity contribution in [1.29, 1.82) is 0 Å². The second-order valence-electron chi connectivity index (χ2n) is 9.77. The molecule has 2 aromatic carbocycles. The first-order valence-corrected chi connectivity index (χ1v) is 12.0. The van der Waals surface area contributed by atoms with E-state index in [1.165, 1.54) is 16.8 Å². The fourth-order valence-corrected chi connectivity index (χ4v) is 5.36. The number of Topliss-reactive ketones (excluding diaryl/α,β-unsaturated/α-hetero) is 2. The summed E-state index contributed by atoms with van der Waals surface area (Å²) in [7, 11) is 0. The highest BCUT2D eigenvalue weighted by Crippen LogP contribution is 2.39. The monoisotopic (exact) mass is 463 g/mol. The molecule has 35 heavy (non-hydrogen) atoms. The Morgan fingerprint density at radius 1 is 0.914 bits per heavy atom. The quantitative estimate of drug-likeness (QED) is 0.366. The van der Waals surface area contributed by atoms with Gasteiger partial charge in [0, 0.05) is 28.9 Å². The van der Waals surface area contributed by atoms with Crippen LogP contribution in [0.4, 0.5) is 5.69 Å². The summed E-state index contributed by atoms with van der Waals surface area (Å²) in [6, 6.07) is 13.5. The van der Waals surface area contributed by atoms with Gasteiger partial charge in [-0.25, -0.2) is 0 Å². The molecule has 0 saturated heterocycles. The standard InChI is InChI=1S/C31H29NO3/c1-6-32-27-14-12-21(16-26(27)19(2)18-31(32,4)5)11-13-23-17-22(15-20(3)35-23)28-29(33)24-9-7-8-10-25(24)30(28)34/h7-18H,6H2,1-5H3. The summed E-state index contributed by atoms with van der Waals surface area (Å²) in [4.78, 5) is 28.3. The lowest BCUT2D eigenvalue weighted by molar-refractivity contribution is 0.0988. The minimum Gasteiger partial charge on any atom is -0.462 e. The van der Waals surface area contributed by atoms with Gasteiger partial charge in [-0.3, -0.25) is 9.59 Å². The minimum absolute atomic E-state index is 0.0214. The van der Waals surface area contributed by atoms with Gasteiger partial charge in [0.2, 0.25) is 0 Å². The van der Waals surface area contributed by atoms with E-state index in [-0.39, 0.29) is 22.7 Å². The van der Waals surface area contributed by atoms with Crippen LogP contribution in [0.25, 0.3) is 11.6 Å². The summed E-state index contributed by atoms with van der Waals surface area (Å²) in [5.74, 6) is 0.763. The van der Waals surface area contributed by atoms with Gasteiger partial charge in [0.1, 0.15) is 11.5 Å². The molecule has 5 rings (SSSR count). The molecule has 4 nitrogen and oxygen atoms in total. The van der Waals surface area contributed by atoms with Crippen LogP contribution in [0.15, 0.2) is 89.4 Å². The van der Waals surface area contributed by atoms with Crippen LogP contribution in [0.2, 0.25) is 0 Å². The van der Waals surface area contributed by atoms with Crippen LogP contribution >= 0.6 is 0 Å². The predicted molar refractivity (Wildman–Crippen MR) is 141 cm³/mol. The topological polar surface area (TPSA) is 46.6 Å². The Kier molecular flexibility index (Phi) is 5.47. The van der Waals surface area contributed by atoms with Gasteiger partial charge in [-0.05, 0) is 81.7 Å². The van der Waals surface area contributed by atoms with E-state index >= 15 is 0 Å². The first kappa shape index (κ1) is 22.9. The van der Waals surface area contributed by atoms with Crippen LogP contribution in [-0.2, 0) is 4.74 Å². The Hall–Kier alpha value is -3.92. The van der Waals surface area contributed by atoms with E-state index in [4.69, 9.17) is 4.74 Å². The average molecular weight is 464 g/mol. The van der Waals surface area contributed by atoms with Crippen LogP contribution in [0.3, 0.4) is 0 Å². The van der Waals surface area contributed by atoms with Crippen LogP contribution in [0.5, 0.6) is 0 Å². The van der Waals surface area contributed by atoms with E-state index < -0.39 is 0 Å². The van der Waals surface area contributed by atoms with Crippen molar-refractivity contribution in [3.63, 3.8) is 0 Å². The molecule has 4 heteroatoms. The van der Waals surface area contributed by atoms with E-state index in [1.54, 1.807) is 36.4 Å². The van der Waals surface area contributed by atoms with Gasteiger partial charge in [-0.2, -0.15) is 0 Å². The molecular weight excluding hydrogens is 434 g/mol. The van der Waals surface area contributed by atoms with Gasteiger partial charge >= 0.3 is 0 Å². The highest BCUT2D eigenvalue weighted by atomic mass is 16.5. The second-order valence-corrected chi connectivity index (χ2v) is 9.77. The molecule has 0 amide bonds. The molecule has 0 fully saturated rings. The van der Waals surface area contributed by atoms with Gasteiger partial charge in [-0.15, -0.1) is 0 Å². The molecule has 0 bridgehead atoms. The van der Waals surface area contributed by atoms with E-state index in [2.05, 4.69) is 56.9 Å². The third kappa shape index (κ3) is 3.89. The van der Waals surface area contributed by atoms with E-state index in [9.17, 15) is 9.59 Å².